The van der Waals surface area contributed by atoms with E-state index >= 15 is 0 Å². The monoisotopic (exact) mass is 310 g/mol. The Morgan fingerprint density at radius 1 is 1.21 bits per heavy atom. The number of pyridine rings is 2. The first-order valence-electron chi connectivity index (χ1n) is 5.53. The summed E-state index contributed by atoms with van der Waals surface area (Å²) in [6.07, 6.45) is 1.75. The van der Waals surface area contributed by atoms with Crippen LogP contribution < -0.4 is 5.56 Å². The molecule has 0 bridgehead atoms. The van der Waals surface area contributed by atoms with Gasteiger partial charge in [0.2, 0.25) is 0 Å². The van der Waals surface area contributed by atoms with Gasteiger partial charge in [0, 0.05) is 10.9 Å². The number of hydrogen-bond donors (Lipinski definition) is 0. The van der Waals surface area contributed by atoms with Gasteiger partial charge >= 0.3 is 0 Å². The van der Waals surface area contributed by atoms with Crippen LogP contribution in [-0.2, 0) is 6.54 Å². The summed E-state index contributed by atoms with van der Waals surface area (Å²) in [7, 11) is 0. The number of hydrogen-bond acceptors (Lipinski definition) is 3. The Morgan fingerprint density at radius 2 is 2.05 bits per heavy atom. The van der Waals surface area contributed by atoms with Crippen molar-refractivity contribution in [2.45, 2.75) is 6.54 Å². The Bertz CT molecular complexity index is 810. The molecule has 3 rings (SSSR count). The standard InChI is InChI=1S/C13H8Cl2N2OS/c14-9-1-2-12(15)16-10(9)7-17-5-3-11-8(13(17)18)4-6-19-11/h1-6H,7H2. The zero-order chi connectivity index (χ0) is 13.4. The van der Waals surface area contributed by atoms with Crippen LogP contribution in [-0.4, -0.2) is 9.55 Å². The molecular weight excluding hydrogens is 303 g/mol. The minimum atomic E-state index is -0.0448. The fourth-order valence-corrected chi connectivity index (χ4v) is 2.96. The summed E-state index contributed by atoms with van der Waals surface area (Å²) in [5, 5.41) is 3.48. The zero-order valence-corrected chi connectivity index (χ0v) is 12.0. The first kappa shape index (κ1) is 12.7. The predicted octanol–water partition coefficient (Wildman–Crippen LogP) is 3.81. The predicted molar refractivity (Wildman–Crippen MR) is 79.4 cm³/mol. The second-order valence-corrected chi connectivity index (χ2v) is 5.75. The van der Waals surface area contributed by atoms with Crippen molar-refractivity contribution in [3.05, 3.63) is 62.1 Å². The Labute approximate surface area is 123 Å². The Balaban J connectivity index is 2.08. The highest BCUT2D eigenvalue weighted by Crippen LogP contribution is 2.19. The van der Waals surface area contributed by atoms with Gasteiger partial charge in [0.1, 0.15) is 5.15 Å². The molecule has 3 nitrogen and oxygen atoms in total. The lowest BCUT2D eigenvalue weighted by atomic mass is 10.3. The smallest absolute Gasteiger partial charge is 0.259 e. The molecule has 0 unspecified atom stereocenters. The average Bonchev–Trinajstić information content (AvgIpc) is 2.86. The van der Waals surface area contributed by atoms with Crippen LogP contribution >= 0.6 is 34.5 Å². The first-order valence-corrected chi connectivity index (χ1v) is 7.16. The maximum absolute atomic E-state index is 12.3. The SMILES string of the molecule is O=c1c2ccsc2ccn1Cc1nc(Cl)ccc1Cl. The van der Waals surface area contributed by atoms with Crippen LogP contribution in [0.3, 0.4) is 0 Å². The highest BCUT2D eigenvalue weighted by Gasteiger charge is 2.08. The van der Waals surface area contributed by atoms with E-state index < -0.39 is 0 Å². The molecule has 6 heteroatoms. The number of halogens is 2. The quantitative estimate of drug-likeness (QED) is 0.675. The molecule has 0 atom stereocenters. The van der Waals surface area contributed by atoms with Gasteiger partial charge < -0.3 is 4.57 Å². The third-order valence-electron chi connectivity index (χ3n) is 2.80. The molecular formula is C13H8Cl2N2OS. The van der Waals surface area contributed by atoms with Crippen molar-refractivity contribution in [1.82, 2.24) is 9.55 Å². The van der Waals surface area contributed by atoms with E-state index in [2.05, 4.69) is 4.98 Å². The lowest BCUT2D eigenvalue weighted by molar-refractivity contribution is 0.748. The summed E-state index contributed by atoms with van der Waals surface area (Å²) in [5.41, 5.74) is 0.544. The lowest BCUT2D eigenvalue weighted by Crippen LogP contribution is -2.20. The van der Waals surface area contributed by atoms with Gasteiger partial charge in [-0.1, -0.05) is 23.2 Å². The third kappa shape index (κ3) is 2.39. The van der Waals surface area contributed by atoms with Gasteiger partial charge in [0.15, 0.2) is 0 Å². The van der Waals surface area contributed by atoms with Crippen LogP contribution in [0.15, 0.2) is 40.6 Å². The van der Waals surface area contributed by atoms with Crippen molar-refractivity contribution in [2.24, 2.45) is 0 Å². The molecule has 0 aromatic carbocycles. The van der Waals surface area contributed by atoms with Crippen molar-refractivity contribution in [3.63, 3.8) is 0 Å². The summed E-state index contributed by atoms with van der Waals surface area (Å²) >= 11 is 13.5. The molecule has 0 aliphatic carbocycles. The lowest BCUT2D eigenvalue weighted by Gasteiger charge is -2.07. The number of nitrogens with zero attached hydrogens (tertiary/aromatic N) is 2. The topological polar surface area (TPSA) is 34.9 Å². The molecule has 0 aliphatic rings. The minimum Gasteiger partial charge on any atom is -0.309 e. The number of fused-ring (bicyclic) bond motifs is 1. The van der Waals surface area contributed by atoms with Crippen LogP contribution in [0.1, 0.15) is 5.69 Å². The van der Waals surface area contributed by atoms with E-state index in [0.29, 0.717) is 27.8 Å². The van der Waals surface area contributed by atoms with E-state index in [4.69, 9.17) is 23.2 Å². The largest absolute Gasteiger partial charge is 0.309 e. The highest BCUT2D eigenvalue weighted by atomic mass is 35.5. The van der Waals surface area contributed by atoms with Crippen molar-refractivity contribution in [1.29, 1.82) is 0 Å². The van der Waals surface area contributed by atoms with E-state index in [1.165, 1.54) is 0 Å². The summed E-state index contributed by atoms with van der Waals surface area (Å²) in [4.78, 5) is 16.4. The summed E-state index contributed by atoms with van der Waals surface area (Å²) in [5.74, 6) is 0. The molecule has 3 aromatic heterocycles. The van der Waals surface area contributed by atoms with Gasteiger partial charge in [-0.3, -0.25) is 4.79 Å². The molecule has 0 saturated carbocycles. The third-order valence-corrected chi connectivity index (χ3v) is 4.23. The van der Waals surface area contributed by atoms with Gasteiger partial charge in [0.25, 0.3) is 5.56 Å². The second-order valence-electron chi connectivity index (χ2n) is 4.01. The van der Waals surface area contributed by atoms with Crippen molar-refractivity contribution >= 4 is 44.6 Å². The Morgan fingerprint density at radius 3 is 2.89 bits per heavy atom. The molecule has 96 valence electrons. The van der Waals surface area contributed by atoms with Crippen LogP contribution in [0.4, 0.5) is 0 Å². The molecule has 0 aliphatic heterocycles. The van der Waals surface area contributed by atoms with Crippen LogP contribution in [0.5, 0.6) is 0 Å². The molecule has 0 spiro atoms. The van der Waals surface area contributed by atoms with Gasteiger partial charge in [-0.2, -0.15) is 0 Å². The molecule has 3 heterocycles. The minimum absolute atomic E-state index is 0.0448. The summed E-state index contributed by atoms with van der Waals surface area (Å²) in [6.45, 7) is 0.310. The van der Waals surface area contributed by atoms with Gasteiger partial charge in [-0.15, -0.1) is 11.3 Å². The molecule has 0 N–H and O–H groups in total. The number of thiophene rings is 1. The van der Waals surface area contributed by atoms with Crippen LogP contribution in [0, 0.1) is 0 Å². The molecule has 3 aromatic rings. The maximum atomic E-state index is 12.3. The summed E-state index contributed by atoms with van der Waals surface area (Å²) < 4.78 is 2.56. The van der Waals surface area contributed by atoms with Crippen molar-refractivity contribution in [3.8, 4) is 0 Å². The Hall–Kier alpha value is -1.36. The van der Waals surface area contributed by atoms with E-state index in [1.54, 1.807) is 34.2 Å². The van der Waals surface area contributed by atoms with E-state index in [1.807, 2.05) is 17.5 Å². The first-order chi connectivity index (χ1) is 9.15. The highest BCUT2D eigenvalue weighted by molar-refractivity contribution is 7.17. The molecule has 0 saturated heterocycles. The van der Waals surface area contributed by atoms with Crippen molar-refractivity contribution < 1.29 is 0 Å². The fraction of sp³-hybridized carbons (Fsp3) is 0.0769. The van der Waals surface area contributed by atoms with E-state index in [-0.39, 0.29) is 5.56 Å². The van der Waals surface area contributed by atoms with E-state index in [0.717, 1.165) is 4.70 Å². The van der Waals surface area contributed by atoms with Gasteiger partial charge in [-0.05, 0) is 29.6 Å². The Kier molecular flexibility index (Phi) is 3.31. The number of aromatic nitrogens is 2. The second kappa shape index (κ2) is 4.96. The van der Waals surface area contributed by atoms with E-state index in [9.17, 15) is 4.79 Å². The molecule has 0 amide bonds. The van der Waals surface area contributed by atoms with Crippen molar-refractivity contribution in [2.75, 3.05) is 0 Å². The summed E-state index contributed by atoms with van der Waals surface area (Å²) in [6, 6.07) is 7.05. The fourth-order valence-electron chi connectivity index (χ4n) is 1.86. The molecule has 19 heavy (non-hydrogen) atoms. The molecule has 0 fully saturated rings. The zero-order valence-electron chi connectivity index (χ0n) is 9.64. The van der Waals surface area contributed by atoms with Crippen LogP contribution in [0.2, 0.25) is 10.2 Å². The average molecular weight is 311 g/mol. The molecule has 0 radical (unpaired) electrons. The normalized spacial score (nSPS) is 11.1. The maximum Gasteiger partial charge on any atom is 0.259 e. The number of rotatable bonds is 2. The van der Waals surface area contributed by atoms with Gasteiger partial charge in [-0.25, -0.2) is 4.98 Å². The van der Waals surface area contributed by atoms with Gasteiger partial charge in [0.05, 0.1) is 22.6 Å². The van der Waals surface area contributed by atoms with Crippen LogP contribution in [0.25, 0.3) is 10.1 Å².